The Kier molecular flexibility index (Phi) is 3.93. The SMILES string of the molecule is O=C(Nc1ccc(N2CCCC2)nc1)c1cc(=O)c2ccccc2o1. The number of amides is 1. The van der Waals surface area contributed by atoms with Crippen LogP contribution in [0.2, 0.25) is 0 Å². The van der Waals surface area contributed by atoms with Crippen molar-refractivity contribution < 1.29 is 9.21 Å². The van der Waals surface area contributed by atoms with Gasteiger partial charge in [-0.2, -0.15) is 0 Å². The maximum absolute atomic E-state index is 12.4. The zero-order valence-electron chi connectivity index (χ0n) is 13.6. The van der Waals surface area contributed by atoms with Crippen molar-refractivity contribution in [2.24, 2.45) is 0 Å². The number of carbonyl (C=O) groups excluding carboxylic acids is 1. The van der Waals surface area contributed by atoms with Crippen molar-refractivity contribution in [1.29, 1.82) is 0 Å². The van der Waals surface area contributed by atoms with Crippen LogP contribution in [0, 0.1) is 0 Å². The molecular formula is C19H17N3O3. The van der Waals surface area contributed by atoms with Crippen molar-refractivity contribution in [3.63, 3.8) is 0 Å². The average Bonchev–Trinajstić information content (AvgIpc) is 3.17. The van der Waals surface area contributed by atoms with E-state index in [1.54, 1.807) is 36.5 Å². The number of fused-ring (bicyclic) bond motifs is 1. The van der Waals surface area contributed by atoms with Gasteiger partial charge in [-0.25, -0.2) is 4.98 Å². The number of rotatable bonds is 3. The standard InChI is InChI=1S/C19H17N3O3/c23-15-11-17(25-16-6-2-1-5-14(15)16)19(24)21-13-7-8-18(20-12-13)22-9-3-4-10-22/h1-2,5-8,11-12H,3-4,9-10H2,(H,21,24). The molecule has 0 radical (unpaired) electrons. The first-order chi connectivity index (χ1) is 12.2. The number of aromatic nitrogens is 1. The van der Waals surface area contributed by atoms with E-state index in [2.05, 4.69) is 15.2 Å². The Morgan fingerprint density at radius 3 is 2.68 bits per heavy atom. The van der Waals surface area contributed by atoms with Gasteiger partial charge in [0.1, 0.15) is 11.4 Å². The van der Waals surface area contributed by atoms with Crippen molar-refractivity contribution in [2.45, 2.75) is 12.8 Å². The molecule has 1 aliphatic heterocycles. The summed E-state index contributed by atoms with van der Waals surface area (Å²) in [6.07, 6.45) is 3.98. The Morgan fingerprint density at radius 2 is 1.92 bits per heavy atom. The molecule has 0 spiro atoms. The van der Waals surface area contributed by atoms with Crippen LogP contribution >= 0.6 is 0 Å². The lowest BCUT2D eigenvalue weighted by Gasteiger charge is -2.16. The monoisotopic (exact) mass is 335 g/mol. The molecular weight excluding hydrogens is 318 g/mol. The molecule has 0 bridgehead atoms. The van der Waals surface area contributed by atoms with Gasteiger partial charge in [-0.3, -0.25) is 9.59 Å². The molecule has 4 rings (SSSR count). The molecule has 6 heteroatoms. The van der Waals surface area contributed by atoms with Gasteiger partial charge in [-0.15, -0.1) is 0 Å². The highest BCUT2D eigenvalue weighted by atomic mass is 16.3. The van der Waals surface area contributed by atoms with E-state index in [0.29, 0.717) is 16.7 Å². The third kappa shape index (κ3) is 3.10. The minimum Gasteiger partial charge on any atom is -0.451 e. The number of nitrogens with zero attached hydrogens (tertiary/aromatic N) is 2. The van der Waals surface area contributed by atoms with Crippen LogP contribution in [0.1, 0.15) is 23.4 Å². The molecule has 2 aromatic heterocycles. The number of hydrogen-bond acceptors (Lipinski definition) is 5. The van der Waals surface area contributed by atoms with Crippen molar-refractivity contribution in [2.75, 3.05) is 23.3 Å². The summed E-state index contributed by atoms with van der Waals surface area (Å²) in [6, 6.07) is 11.8. The van der Waals surface area contributed by atoms with Gasteiger partial charge in [-0.05, 0) is 37.1 Å². The molecule has 0 saturated carbocycles. The Morgan fingerprint density at radius 1 is 1.12 bits per heavy atom. The average molecular weight is 335 g/mol. The molecule has 0 aliphatic carbocycles. The highest BCUT2D eigenvalue weighted by Crippen LogP contribution is 2.19. The number of benzene rings is 1. The second-order valence-electron chi connectivity index (χ2n) is 6.02. The number of hydrogen-bond donors (Lipinski definition) is 1. The molecule has 126 valence electrons. The highest BCUT2D eigenvalue weighted by Gasteiger charge is 2.15. The minimum atomic E-state index is -0.474. The van der Waals surface area contributed by atoms with Crippen molar-refractivity contribution in [1.82, 2.24) is 4.98 Å². The Balaban J connectivity index is 1.54. The summed E-state index contributed by atoms with van der Waals surface area (Å²) in [7, 11) is 0. The molecule has 1 saturated heterocycles. The van der Waals surface area contributed by atoms with E-state index in [1.165, 1.54) is 18.9 Å². The van der Waals surface area contributed by atoms with Gasteiger partial charge in [0.15, 0.2) is 11.2 Å². The molecule has 0 atom stereocenters. The largest absolute Gasteiger partial charge is 0.451 e. The van der Waals surface area contributed by atoms with Crippen LogP contribution in [0.5, 0.6) is 0 Å². The number of para-hydroxylation sites is 1. The van der Waals surface area contributed by atoms with Crippen LogP contribution in [-0.2, 0) is 0 Å². The predicted octanol–water partition coefficient (Wildman–Crippen LogP) is 3.04. The van der Waals surface area contributed by atoms with Gasteiger partial charge < -0.3 is 14.6 Å². The summed E-state index contributed by atoms with van der Waals surface area (Å²) in [5.74, 6) is 0.415. The van der Waals surface area contributed by atoms with Gasteiger partial charge in [0.2, 0.25) is 0 Å². The lowest BCUT2D eigenvalue weighted by atomic mass is 10.2. The number of nitrogens with one attached hydrogen (secondary N) is 1. The molecule has 1 aromatic carbocycles. The second-order valence-corrected chi connectivity index (χ2v) is 6.02. The lowest BCUT2D eigenvalue weighted by molar-refractivity contribution is 0.0997. The molecule has 6 nitrogen and oxygen atoms in total. The highest BCUT2D eigenvalue weighted by molar-refractivity contribution is 6.02. The van der Waals surface area contributed by atoms with Gasteiger partial charge in [0.25, 0.3) is 5.91 Å². The summed E-state index contributed by atoms with van der Waals surface area (Å²) >= 11 is 0. The summed E-state index contributed by atoms with van der Waals surface area (Å²) in [4.78, 5) is 31.1. The van der Waals surface area contributed by atoms with Crippen molar-refractivity contribution in [3.8, 4) is 0 Å². The molecule has 3 heterocycles. The fourth-order valence-corrected chi connectivity index (χ4v) is 3.00. The molecule has 0 unspecified atom stereocenters. The first-order valence-corrected chi connectivity index (χ1v) is 8.26. The van der Waals surface area contributed by atoms with Crippen molar-refractivity contribution in [3.05, 3.63) is 64.6 Å². The van der Waals surface area contributed by atoms with Crippen LogP contribution in [-0.4, -0.2) is 24.0 Å². The first-order valence-electron chi connectivity index (χ1n) is 8.26. The lowest BCUT2D eigenvalue weighted by Crippen LogP contribution is -2.19. The third-order valence-corrected chi connectivity index (χ3v) is 4.29. The van der Waals surface area contributed by atoms with E-state index in [1.807, 2.05) is 6.07 Å². The normalized spacial score (nSPS) is 14.0. The number of anilines is 2. The van der Waals surface area contributed by atoms with Crippen LogP contribution < -0.4 is 15.6 Å². The zero-order valence-corrected chi connectivity index (χ0v) is 13.6. The third-order valence-electron chi connectivity index (χ3n) is 4.29. The fraction of sp³-hybridized carbons (Fsp3) is 0.211. The molecule has 1 amide bonds. The van der Waals surface area contributed by atoms with E-state index < -0.39 is 5.91 Å². The smallest absolute Gasteiger partial charge is 0.291 e. The topological polar surface area (TPSA) is 75.4 Å². The fourth-order valence-electron chi connectivity index (χ4n) is 3.00. The predicted molar refractivity (Wildman–Crippen MR) is 96.1 cm³/mol. The molecule has 1 fully saturated rings. The first kappa shape index (κ1) is 15.4. The van der Waals surface area contributed by atoms with E-state index in [0.717, 1.165) is 18.9 Å². The van der Waals surface area contributed by atoms with Gasteiger partial charge >= 0.3 is 0 Å². The van der Waals surface area contributed by atoms with E-state index in [9.17, 15) is 9.59 Å². The zero-order chi connectivity index (χ0) is 17.2. The quantitative estimate of drug-likeness (QED) is 0.796. The Labute approximate surface area is 144 Å². The van der Waals surface area contributed by atoms with Gasteiger partial charge in [0.05, 0.1) is 17.3 Å². The summed E-state index contributed by atoms with van der Waals surface area (Å²) < 4.78 is 5.54. The van der Waals surface area contributed by atoms with Crippen LogP contribution in [0.3, 0.4) is 0 Å². The van der Waals surface area contributed by atoms with Crippen LogP contribution in [0.25, 0.3) is 11.0 Å². The molecule has 1 aliphatic rings. The maximum atomic E-state index is 12.4. The van der Waals surface area contributed by atoms with E-state index >= 15 is 0 Å². The second kappa shape index (κ2) is 6.39. The summed E-state index contributed by atoms with van der Waals surface area (Å²) in [5, 5.41) is 3.17. The Bertz CT molecular complexity index is 973. The van der Waals surface area contributed by atoms with Crippen LogP contribution in [0.15, 0.2) is 57.9 Å². The maximum Gasteiger partial charge on any atom is 0.291 e. The summed E-state index contributed by atoms with van der Waals surface area (Å²) in [6.45, 7) is 2.03. The van der Waals surface area contributed by atoms with E-state index in [-0.39, 0.29) is 11.2 Å². The van der Waals surface area contributed by atoms with Crippen LogP contribution in [0.4, 0.5) is 11.5 Å². The van der Waals surface area contributed by atoms with E-state index in [4.69, 9.17) is 4.42 Å². The van der Waals surface area contributed by atoms with Crippen molar-refractivity contribution >= 4 is 28.4 Å². The minimum absolute atomic E-state index is 0.0210. The Hall–Kier alpha value is -3.15. The van der Waals surface area contributed by atoms with Gasteiger partial charge in [0, 0.05) is 19.2 Å². The molecule has 1 N–H and O–H groups in total. The number of carbonyl (C=O) groups is 1. The number of pyridine rings is 1. The molecule has 25 heavy (non-hydrogen) atoms. The summed E-state index contributed by atoms with van der Waals surface area (Å²) in [5.41, 5.74) is 0.709. The van der Waals surface area contributed by atoms with Gasteiger partial charge in [-0.1, -0.05) is 12.1 Å². The molecule has 3 aromatic rings.